The Morgan fingerprint density at radius 2 is 1.93 bits per heavy atom. The number of amides is 2. The van der Waals surface area contributed by atoms with Gasteiger partial charge in [-0.2, -0.15) is 0 Å². The van der Waals surface area contributed by atoms with Crippen molar-refractivity contribution < 1.29 is 9.59 Å². The van der Waals surface area contributed by atoms with Crippen molar-refractivity contribution in [3.63, 3.8) is 0 Å². The van der Waals surface area contributed by atoms with Gasteiger partial charge in [0.25, 0.3) is 5.56 Å². The highest BCUT2D eigenvalue weighted by Crippen LogP contribution is 2.21. The topological polar surface area (TPSA) is 84.3 Å². The van der Waals surface area contributed by atoms with Gasteiger partial charge in [-0.05, 0) is 46.6 Å². The SMILES string of the molecule is Cc1cccc2c(=O)n(CCC(=O)N(C)CC(=O)Nc3ccccc3Br)cnc12. The van der Waals surface area contributed by atoms with Gasteiger partial charge in [-0.25, -0.2) is 4.98 Å². The Labute approximate surface area is 176 Å². The smallest absolute Gasteiger partial charge is 0.261 e. The maximum atomic E-state index is 12.6. The van der Waals surface area contributed by atoms with Crippen molar-refractivity contribution in [2.75, 3.05) is 18.9 Å². The van der Waals surface area contributed by atoms with E-state index in [1.165, 1.54) is 15.8 Å². The van der Waals surface area contributed by atoms with Crippen LogP contribution in [0.2, 0.25) is 0 Å². The molecule has 0 radical (unpaired) electrons. The van der Waals surface area contributed by atoms with Gasteiger partial charge < -0.3 is 10.2 Å². The molecule has 2 amide bonds. The maximum Gasteiger partial charge on any atom is 0.261 e. The molecular formula is C21H21BrN4O3. The number of carbonyl (C=O) groups is 2. The van der Waals surface area contributed by atoms with E-state index in [0.717, 1.165) is 10.0 Å². The number of nitrogens with one attached hydrogen (secondary N) is 1. The van der Waals surface area contributed by atoms with E-state index < -0.39 is 0 Å². The molecule has 0 saturated heterocycles. The van der Waals surface area contributed by atoms with Gasteiger partial charge >= 0.3 is 0 Å². The number of aryl methyl sites for hydroxylation is 2. The molecule has 1 aromatic heterocycles. The minimum absolute atomic E-state index is 0.0791. The van der Waals surface area contributed by atoms with Gasteiger partial charge in [0.05, 0.1) is 29.5 Å². The van der Waals surface area contributed by atoms with Crippen LogP contribution >= 0.6 is 15.9 Å². The first-order chi connectivity index (χ1) is 13.9. The quantitative estimate of drug-likeness (QED) is 0.617. The maximum absolute atomic E-state index is 12.6. The summed E-state index contributed by atoms with van der Waals surface area (Å²) in [6.45, 7) is 2.02. The van der Waals surface area contributed by atoms with Gasteiger partial charge in [-0.15, -0.1) is 0 Å². The largest absolute Gasteiger partial charge is 0.336 e. The van der Waals surface area contributed by atoms with Crippen molar-refractivity contribution in [2.45, 2.75) is 19.9 Å². The van der Waals surface area contributed by atoms with Crippen LogP contribution in [0.1, 0.15) is 12.0 Å². The molecule has 1 N–H and O–H groups in total. The van der Waals surface area contributed by atoms with Crippen molar-refractivity contribution in [1.29, 1.82) is 0 Å². The van der Waals surface area contributed by atoms with Crippen LogP contribution in [0.3, 0.4) is 0 Å². The average Bonchev–Trinajstić information content (AvgIpc) is 2.69. The van der Waals surface area contributed by atoms with Crippen molar-refractivity contribution in [2.24, 2.45) is 0 Å². The molecule has 8 heteroatoms. The molecule has 0 spiro atoms. The summed E-state index contributed by atoms with van der Waals surface area (Å²) in [5.74, 6) is -0.531. The van der Waals surface area contributed by atoms with E-state index in [9.17, 15) is 14.4 Å². The van der Waals surface area contributed by atoms with Crippen LogP contribution in [-0.2, 0) is 16.1 Å². The number of anilines is 1. The molecule has 0 saturated carbocycles. The Hall–Kier alpha value is -3.00. The summed E-state index contributed by atoms with van der Waals surface area (Å²) in [5, 5.41) is 3.29. The van der Waals surface area contributed by atoms with Crippen LogP contribution in [-0.4, -0.2) is 39.9 Å². The molecule has 1 heterocycles. The Bertz CT molecular complexity index is 1130. The van der Waals surface area contributed by atoms with E-state index >= 15 is 0 Å². The van der Waals surface area contributed by atoms with Crippen molar-refractivity contribution >= 4 is 44.3 Å². The molecule has 150 valence electrons. The molecule has 7 nitrogen and oxygen atoms in total. The lowest BCUT2D eigenvalue weighted by molar-refractivity contribution is -0.133. The second kappa shape index (κ2) is 9.00. The predicted molar refractivity (Wildman–Crippen MR) is 116 cm³/mol. The van der Waals surface area contributed by atoms with E-state index in [4.69, 9.17) is 0 Å². The van der Waals surface area contributed by atoms with Crippen LogP contribution < -0.4 is 10.9 Å². The zero-order valence-electron chi connectivity index (χ0n) is 16.2. The number of carbonyl (C=O) groups excluding carboxylic acids is 2. The van der Waals surface area contributed by atoms with Gasteiger partial charge in [0.1, 0.15) is 0 Å². The second-order valence-corrected chi connectivity index (χ2v) is 7.60. The number of hydrogen-bond donors (Lipinski definition) is 1. The fourth-order valence-corrected chi connectivity index (χ4v) is 3.34. The number of hydrogen-bond acceptors (Lipinski definition) is 4. The molecular weight excluding hydrogens is 436 g/mol. The third-order valence-electron chi connectivity index (χ3n) is 4.58. The van der Waals surface area contributed by atoms with Gasteiger partial charge in [-0.3, -0.25) is 19.0 Å². The third-order valence-corrected chi connectivity index (χ3v) is 5.27. The number of halogens is 1. The fourth-order valence-electron chi connectivity index (χ4n) is 2.96. The van der Waals surface area contributed by atoms with Gasteiger partial charge in [0.15, 0.2) is 0 Å². The molecule has 0 aliphatic carbocycles. The summed E-state index contributed by atoms with van der Waals surface area (Å²) in [5.41, 5.74) is 2.06. The number of fused-ring (bicyclic) bond motifs is 1. The Balaban J connectivity index is 1.60. The summed E-state index contributed by atoms with van der Waals surface area (Å²) in [6, 6.07) is 12.7. The third kappa shape index (κ3) is 4.89. The van der Waals surface area contributed by atoms with Crippen molar-refractivity contribution in [1.82, 2.24) is 14.5 Å². The Morgan fingerprint density at radius 1 is 1.17 bits per heavy atom. The summed E-state index contributed by atoms with van der Waals surface area (Å²) >= 11 is 3.37. The number of aromatic nitrogens is 2. The number of rotatable bonds is 6. The van der Waals surface area contributed by atoms with Crippen LogP contribution in [0.25, 0.3) is 10.9 Å². The minimum atomic E-state index is -0.298. The first kappa shape index (κ1) is 20.7. The predicted octanol–water partition coefficient (Wildman–Crippen LogP) is 2.95. The summed E-state index contributed by atoms with van der Waals surface area (Å²) in [4.78, 5) is 42.9. The van der Waals surface area contributed by atoms with Crippen LogP contribution in [0.4, 0.5) is 5.69 Å². The van der Waals surface area contributed by atoms with Gasteiger partial charge in [-0.1, -0.05) is 24.3 Å². The van der Waals surface area contributed by atoms with Gasteiger partial charge in [0, 0.05) is 24.5 Å². The zero-order valence-corrected chi connectivity index (χ0v) is 17.8. The summed E-state index contributed by atoms with van der Waals surface area (Å²) in [6.07, 6.45) is 1.56. The lowest BCUT2D eigenvalue weighted by Crippen LogP contribution is -2.36. The normalized spacial score (nSPS) is 10.7. The highest BCUT2D eigenvalue weighted by atomic mass is 79.9. The molecule has 0 bridgehead atoms. The highest BCUT2D eigenvalue weighted by Gasteiger charge is 2.15. The number of benzene rings is 2. The lowest BCUT2D eigenvalue weighted by Gasteiger charge is -2.17. The number of nitrogens with zero attached hydrogens (tertiary/aromatic N) is 3. The molecule has 0 atom stereocenters. The average molecular weight is 457 g/mol. The molecule has 0 unspecified atom stereocenters. The van der Waals surface area contributed by atoms with Crippen molar-refractivity contribution in [3.8, 4) is 0 Å². The van der Waals surface area contributed by atoms with Crippen LogP contribution in [0.5, 0.6) is 0 Å². The standard InChI is InChI=1S/C21H21BrN4O3/c1-14-6-5-7-15-20(14)23-13-26(21(15)29)11-10-19(28)25(2)12-18(27)24-17-9-4-3-8-16(17)22/h3-9,13H,10-12H2,1-2H3,(H,24,27). The van der Waals surface area contributed by atoms with E-state index in [0.29, 0.717) is 16.6 Å². The Kier molecular flexibility index (Phi) is 6.43. The van der Waals surface area contributed by atoms with Crippen molar-refractivity contribution in [3.05, 3.63) is 69.2 Å². The molecule has 3 aromatic rings. The van der Waals surface area contributed by atoms with E-state index in [-0.39, 0.29) is 36.9 Å². The molecule has 29 heavy (non-hydrogen) atoms. The first-order valence-electron chi connectivity index (χ1n) is 9.10. The Morgan fingerprint density at radius 3 is 2.69 bits per heavy atom. The molecule has 0 aliphatic rings. The van der Waals surface area contributed by atoms with E-state index in [2.05, 4.69) is 26.2 Å². The zero-order chi connectivity index (χ0) is 21.0. The molecule has 2 aromatic carbocycles. The van der Waals surface area contributed by atoms with Gasteiger partial charge in [0.2, 0.25) is 11.8 Å². The molecule has 3 rings (SSSR count). The minimum Gasteiger partial charge on any atom is -0.336 e. The number of para-hydroxylation sites is 2. The van der Waals surface area contributed by atoms with E-state index in [1.807, 2.05) is 37.3 Å². The molecule has 0 aliphatic heterocycles. The number of likely N-dealkylation sites (N-methyl/N-ethyl adjacent to an activating group) is 1. The second-order valence-electron chi connectivity index (χ2n) is 6.74. The lowest BCUT2D eigenvalue weighted by atomic mass is 10.1. The van der Waals surface area contributed by atoms with Crippen LogP contribution in [0, 0.1) is 6.92 Å². The highest BCUT2D eigenvalue weighted by molar-refractivity contribution is 9.10. The first-order valence-corrected chi connectivity index (χ1v) is 9.89. The summed E-state index contributed by atoms with van der Waals surface area (Å²) in [7, 11) is 1.56. The monoisotopic (exact) mass is 456 g/mol. The van der Waals surface area contributed by atoms with Crippen LogP contribution in [0.15, 0.2) is 58.1 Å². The summed E-state index contributed by atoms with van der Waals surface area (Å²) < 4.78 is 2.19. The fraction of sp³-hybridized carbons (Fsp3) is 0.238. The van der Waals surface area contributed by atoms with E-state index in [1.54, 1.807) is 19.2 Å². The molecule has 0 fully saturated rings.